The summed E-state index contributed by atoms with van der Waals surface area (Å²) in [6.07, 6.45) is 1.32. The first kappa shape index (κ1) is 12.1. The number of carbonyl (C=O) groups is 1. The van der Waals surface area contributed by atoms with Gasteiger partial charge in [-0.25, -0.2) is 0 Å². The molecule has 0 aliphatic rings. The Kier molecular flexibility index (Phi) is 3.46. The molecule has 0 aliphatic heterocycles. The van der Waals surface area contributed by atoms with Crippen LogP contribution in [-0.2, 0) is 0 Å². The molecule has 8 heteroatoms. The molecule has 1 aromatic heterocycles. The van der Waals surface area contributed by atoms with Crippen LogP contribution < -0.4 is 5.32 Å². The molecule has 0 atom stereocenters. The zero-order chi connectivity index (χ0) is 12.4. The van der Waals surface area contributed by atoms with Gasteiger partial charge in [-0.3, -0.25) is 4.79 Å². The van der Waals surface area contributed by atoms with Crippen LogP contribution in [0.1, 0.15) is 9.67 Å². The van der Waals surface area contributed by atoms with Gasteiger partial charge in [0.1, 0.15) is 4.88 Å². The molecule has 5 nitrogen and oxygen atoms in total. The SMILES string of the molecule is O=C(Nc1cc(Cl)cc(Cl)c1O)c1cnns1. The van der Waals surface area contributed by atoms with Gasteiger partial charge in [-0.1, -0.05) is 27.7 Å². The molecule has 2 aromatic rings. The van der Waals surface area contributed by atoms with E-state index in [2.05, 4.69) is 14.9 Å². The molecule has 0 spiro atoms. The largest absolute Gasteiger partial charge is 0.504 e. The number of carbonyl (C=O) groups excluding carboxylic acids is 1. The fourth-order valence-electron chi connectivity index (χ4n) is 1.11. The van der Waals surface area contributed by atoms with Crippen LogP contribution in [0.5, 0.6) is 5.75 Å². The molecule has 1 amide bonds. The molecular formula is C9H5Cl2N3O2S. The van der Waals surface area contributed by atoms with Gasteiger partial charge in [0.15, 0.2) is 5.75 Å². The maximum absolute atomic E-state index is 11.7. The van der Waals surface area contributed by atoms with Crippen LogP contribution in [0.4, 0.5) is 5.69 Å². The van der Waals surface area contributed by atoms with Crippen molar-refractivity contribution in [2.45, 2.75) is 0 Å². The van der Waals surface area contributed by atoms with Gasteiger partial charge in [0.25, 0.3) is 5.91 Å². The first-order valence-electron chi connectivity index (χ1n) is 4.34. The Bertz CT molecular complexity index is 560. The second kappa shape index (κ2) is 4.87. The summed E-state index contributed by atoms with van der Waals surface area (Å²) in [7, 11) is 0. The van der Waals surface area contributed by atoms with Crippen LogP contribution in [0.3, 0.4) is 0 Å². The minimum atomic E-state index is -0.436. The Morgan fingerprint density at radius 1 is 1.41 bits per heavy atom. The lowest BCUT2D eigenvalue weighted by molar-refractivity contribution is 0.103. The first-order valence-corrected chi connectivity index (χ1v) is 5.87. The predicted octanol–water partition coefficient (Wildman–Crippen LogP) is 2.80. The van der Waals surface area contributed by atoms with Crippen LogP contribution in [0.25, 0.3) is 0 Å². The Labute approximate surface area is 110 Å². The number of hydrogen-bond acceptors (Lipinski definition) is 5. The number of aromatic hydroxyl groups is 1. The fourth-order valence-corrected chi connectivity index (χ4v) is 2.02. The molecule has 0 saturated heterocycles. The van der Waals surface area contributed by atoms with Gasteiger partial charge in [-0.05, 0) is 23.7 Å². The third-order valence-electron chi connectivity index (χ3n) is 1.86. The number of anilines is 1. The van der Waals surface area contributed by atoms with Crippen molar-refractivity contribution >= 4 is 46.3 Å². The highest BCUT2D eigenvalue weighted by Gasteiger charge is 2.13. The first-order chi connectivity index (χ1) is 8.08. The second-order valence-corrected chi connectivity index (χ2v) is 4.65. The highest BCUT2D eigenvalue weighted by molar-refractivity contribution is 7.07. The Morgan fingerprint density at radius 2 is 2.18 bits per heavy atom. The van der Waals surface area contributed by atoms with Crippen molar-refractivity contribution in [2.24, 2.45) is 0 Å². The lowest BCUT2D eigenvalue weighted by Crippen LogP contribution is -2.10. The lowest BCUT2D eigenvalue weighted by Gasteiger charge is -2.07. The molecule has 1 heterocycles. The Balaban J connectivity index is 2.28. The number of aromatic nitrogens is 2. The number of benzene rings is 1. The minimum absolute atomic E-state index is 0.0650. The van der Waals surface area contributed by atoms with Crippen LogP contribution in [0, 0.1) is 0 Å². The smallest absolute Gasteiger partial charge is 0.269 e. The summed E-state index contributed by atoms with van der Waals surface area (Å²) in [5, 5.41) is 16.0. The van der Waals surface area contributed by atoms with Crippen LogP contribution in [0.15, 0.2) is 18.3 Å². The quantitative estimate of drug-likeness (QED) is 0.834. The monoisotopic (exact) mass is 289 g/mol. The predicted molar refractivity (Wildman–Crippen MR) is 66.0 cm³/mol. The summed E-state index contributed by atoms with van der Waals surface area (Å²) in [5.74, 6) is -0.671. The summed E-state index contributed by atoms with van der Waals surface area (Å²) in [4.78, 5) is 12.0. The van der Waals surface area contributed by atoms with Gasteiger partial charge in [-0.2, -0.15) is 0 Å². The average Bonchev–Trinajstić information content (AvgIpc) is 2.78. The van der Waals surface area contributed by atoms with E-state index in [1.54, 1.807) is 0 Å². The molecular weight excluding hydrogens is 285 g/mol. The zero-order valence-corrected chi connectivity index (χ0v) is 10.5. The van der Waals surface area contributed by atoms with E-state index in [9.17, 15) is 9.90 Å². The van der Waals surface area contributed by atoms with Crippen molar-refractivity contribution in [2.75, 3.05) is 5.32 Å². The van der Waals surface area contributed by atoms with E-state index in [4.69, 9.17) is 23.2 Å². The van der Waals surface area contributed by atoms with E-state index in [-0.39, 0.29) is 16.5 Å². The third kappa shape index (κ3) is 2.66. The van der Waals surface area contributed by atoms with Crippen molar-refractivity contribution in [1.29, 1.82) is 0 Å². The van der Waals surface area contributed by atoms with Gasteiger partial charge in [0, 0.05) is 5.02 Å². The van der Waals surface area contributed by atoms with E-state index < -0.39 is 5.91 Å². The summed E-state index contributed by atoms with van der Waals surface area (Å²) < 4.78 is 3.56. The lowest BCUT2D eigenvalue weighted by atomic mass is 10.3. The number of hydrogen-bond donors (Lipinski definition) is 2. The molecule has 2 N–H and O–H groups in total. The van der Waals surface area contributed by atoms with Gasteiger partial charge in [0.2, 0.25) is 0 Å². The van der Waals surface area contributed by atoms with Crippen molar-refractivity contribution < 1.29 is 9.90 Å². The van der Waals surface area contributed by atoms with Gasteiger partial charge < -0.3 is 10.4 Å². The van der Waals surface area contributed by atoms with Gasteiger partial charge in [-0.15, -0.1) is 5.10 Å². The molecule has 17 heavy (non-hydrogen) atoms. The number of nitrogens with zero attached hydrogens (tertiary/aromatic N) is 2. The molecule has 0 bridgehead atoms. The van der Waals surface area contributed by atoms with Gasteiger partial charge in [0.05, 0.1) is 16.9 Å². The van der Waals surface area contributed by atoms with Crippen molar-refractivity contribution in [3.05, 3.63) is 33.3 Å². The fraction of sp³-hybridized carbons (Fsp3) is 0. The number of halogens is 2. The number of phenolic OH excluding ortho intramolecular Hbond substituents is 1. The normalized spacial score (nSPS) is 10.2. The zero-order valence-electron chi connectivity index (χ0n) is 8.15. The van der Waals surface area contributed by atoms with Crippen LogP contribution in [-0.4, -0.2) is 20.6 Å². The van der Waals surface area contributed by atoms with Crippen molar-refractivity contribution in [3.63, 3.8) is 0 Å². The molecule has 1 aromatic carbocycles. The third-order valence-corrected chi connectivity index (χ3v) is 3.03. The molecule has 0 unspecified atom stereocenters. The summed E-state index contributed by atoms with van der Waals surface area (Å²) in [5.41, 5.74) is 0.140. The number of nitrogens with one attached hydrogen (secondary N) is 1. The van der Waals surface area contributed by atoms with E-state index in [0.717, 1.165) is 11.5 Å². The number of amides is 1. The van der Waals surface area contributed by atoms with Crippen LogP contribution in [0.2, 0.25) is 10.0 Å². The molecule has 0 radical (unpaired) electrons. The standard InChI is InChI=1S/C9H5Cl2N3O2S/c10-4-1-5(11)8(15)6(2-4)13-9(16)7-3-12-14-17-7/h1-3,15H,(H,13,16). The van der Waals surface area contributed by atoms with Gasteiger partial charge >= 0.3 is 0 Å². The summed E-state index contributed by atoms with van der Waals surface area (Å²) >= 11 is 12.4. The molecule has 0 fully saturated rings. The highest BCUT2D eigenvalue weighted by atomic mass is 35.5. The molecule has 2 rings (SSSR count). The molecule has 0 aliphatic carbocycles. The second-order valence-electron chi connectivity index (χ2n) is 3.02. The minimum Gasteiger partial charge on any atom is -0.504 e. The van der Waals surface area contributed by atoms with Crippen LogP contribution >= 0.6 is 34.7 Å². The highest BCUT2D eigenvalue weighted by Crippen LogP contribution is 2.35. The van der Waals surface area contributed by atoms with Crippen molar-refractivity contribution in [3.8, 4) is 5.75 Å². The maximum Gasteiger partial charge on any atom is 0.269 e. The summed E-state index contributed by atoms with van der Waals surface area (Å²) in [6, 6.07) is 2.78. The summed E-state index contributed by atoms with van der Waals surface area (Å²) in [6.45, 7) is 0. The van der Waals surface area contributed by atoms with E-state index in [1.165, 1.54) is 18.3 Å². The number of phenols is 1. The Hall–Kier alpha value is -1.37. The van der Waals surface area contributed by atoms with Crippen molar-refractivity contribution in [1.82, 2.24) is 9.59 Å². The van der Waals surface area contributed by atoms with E-state index >= 15 is 0 Å². The number of rotatable bonds is 2. The molecule has 0 saturated carbocycles. The average molecular weight is 290 g/mol. The molecule has 88 valence electrons. The van der Waals surface area contributed by atoms with E-state index in [0.29, 0.717) is 9.90 Å². The topological polar surface area (TPSA) is 75.1 Å². The Morgan fingerprint density at radius 3 is 2.82 bits per heavy atom. The van der Waals surface area contributed by atoms with E-state index in [1.807, 2.05) is 0 Å². The maximum atomic E-state index is 11.7.